The molecule has 0 aromatic rings. The lowest BCUT2D eigenvalue weighted by Crippen LogP contribution is -2.51. The van der Waals surface area contributed by atoms with Crippen LogP contribution in [-0.4, -0.2) is 55.2 Å². The highest BCUT2D eigenvalue weighted by molar-refractivity contribution is 6.07. The standard InChI is InChI=1S/C12H21N3O3/c1-2-13-6-3-7-15-10(16)12(14-11(15)17)4-8-18-9-5-12/h13H,2-9H2,1H3,(H,14,17). The fraction of sp³-hybridized carbons (Fsp3) is 0.833. The third-order valence-corrected chi connectivity index (χ3v) is 3.58. The van der Waals surface area contributed by atoms with Gasteiger partial charge in [0.05, 0.1) is 0 Å². The van der Waals surface area contributed by atoms with Gasteiger partial charge in [0.15, 0.2) is 0 Å². The lowest BCUT2D eigenvalue weighted by molar-refractivity contribution is -0.134. The first-order chi connectivity index (χ1) is 8.69. The summed E-state index contributed by atoms with van der Waals surface area (Å²) in [5, 5.41) is 6.03. The highest BCUT2D eigenvalue weighted by Crippen LogP contribution is 2.28. The number of hydrogen-bond acceptors (Lipinski definition) is 4. The van der Waals surface area contributed by atoms with Crippen LogP contribution in [0.2, 0.25) is 0 Å². The van der Waals surface area contributed by atoms with Crippen molar-refractivity contribution in [2.75, 3.05) is 32.8 Å². The largest absolute Gasteiger partial charge is 0.381 e. The summed E-state index contributed by atoms with van der Waals surface area (Å²) in [6, 6.07) is -0.251. The number of nitrogens with one attached hydrogen (secondary N) is 2. The lowest BCUT2D eigenvalue weighted by Gasteiger charge is -2.30. The molecule has 0 unspecified atom stereocenters. The molecule has 2 N–H and O–H groups in total. The van der Waals surface area contributed by atoms with Gasteiger partial charge in [-0.15, -0.1) is 0 Å². The summed E-state index contributed by atoms with van der Waals surface area (Å²) in [5.74, 6) is -0.0766. The molecule has 2 rings (SSSR count). The van der Waals surface area contributed by atoms with Gasteiger partial charge in [-0.2, -0.15) is 0 Å². The molecule has 2 aliphatic rings. The molecule has 0 bridgehead atoms. The van der Waals surface area contributed by atoms with E-state index >= 15 is 0 Å². The van der Waals surface area contributed by atoms with Crippen LogP contribution in [0.3, 0.4) is 0 Å². The fourth-order valence-corrected chi connectivity index (χ4v) is 2.48. The summed E-state index contributed by atoms with van der Waals surface area (Å²) in [6.07, 6.45) is 1.96. The van der Waals surface area contributed by atoms with Gasteiger partial charge in [0.1, 0.15) is 5.54 Å². The monoisotopic (exact) mass is 255 g/mol. The zero-order chi connectivity index (χ0) is 13.0. The van der Waals surface area contributed by atoms with Crippen molar-refractivity contribution in [1.82, 2.24) is 15.5 Å². The third-order valence-electron chi connectivity index (χ3n) is 3.58. The molecule has 0 aliphatic carbocycles. The van der Waals surface area contributed by atoms with E-state index in [1.54, 1.807) is 0 Å². The summed E-state index contributed by atoms with van der Waals surface area (Å²) < 4.78 is 5.26. The van der Waals surface area contributed by atoms with E-state index in [0.29, 0.717) is 32.6 Å². The van der Waals surface area contributed by atoms with E-state index in [1.807, 2.05) is 6.92 Å². The van der Waals surface area contributed by atoms with Crippen LogP contribution < -0.4 is 10.6 Å². The summed E-state index contributed by atoms with van der Waals surface area (Å²) in [6.45, 7) is 5.32. The van der Waals surface area contributed by atoms with Gasteiger partial charge in [-0.05, 0) is 19.5 Å². The molecule has 1 spiro atoms. The predicted octanol–water partition coefficient (Wildman–Crippen LogP) is 0.0870. The van der Waals surface area contributed by atoms with Crippen molar-refractivity contribution in [1.29, 1.82) is 0 Å². The maximum Gasteiger partial charge on any atom is 0.325 e. The maximum absolute atomic E-state index is 12.3. The molecule has 18 heavy (non-hydrogen) atoms. The Kier molecular flexibility index (Phi) is 4.19. The predicted molar refractivity (Wildman–Crippen MR) is 66.2 cm³/mol. The van der Waals surface area contributed by atoms with Crippen LogP contribution in [0.15, 0.2) is 0 Å². The van der Waals surface area contributed by atoms with Crippen LogP contribution >= 0.6 is 0 Å². The topological polar surface area (TPSA) is 70.7 Å². The van der Waals surface area contributed by atoms with Gasteiger partial charge in [0.25, 0.3) is 5.91 Å². The Hall–Kier alpha value is -1.14. The second-order valence-electron chi connectivity index (χ2n) is 4.79. The van der Waals surface area contributed by atoms with Crippen molar-refractivity contribution in [2.45, 2.75) is 31.7 Å². The van der Waals surface area contributed by atoms with Crippen molar-refractivity contribution in [3.8, 4) is 0 Å². The number of imide groups is 1. The van der Waals surface area contributed by atoms with E-state index in [9.17, 15) is 9.59 Å². The number of ether oxygens (including phenoxy) is 1. The summed E-state index contributed by atoms with van der Waals surface area (Å²) >= 11 is 0. The number of hydrogen-bond donors (Lipinski definition) is 2. The Morgan fingerprint density at radius 3 is 2.78 bits per heavy atom. The fourth-order valence-electron chi connectivity index (χ4n) is 2.48. The molecular weight excluding hydrogens is 234 g/mol. The Balaban J connectivity index is 1.92. The van der Waals surface area contributed by atoms with Crippen molar-refractivity contribution < 1.29 is 14.3 Å². The molecular formula is C12H21N3O3. The van der Waals surface area contributed by atoms with E-state index < -0.39 is 5.54 Å². The number of amides is 3. The Morgan fingerprint density at radius 1 is 1.39 bits per heavy atom. The molecule has 0 saturated carbocycles. The Morgan fingerprint density at radius 2 is 2.11 bits per heavy atom. The number of carbonyl (C=O) groups is 2. The van der Waals surface area contributed by atoms with Crippen molar-refractivity contribution >= 4 is 11.9 Å². The average molecular weight is 255 g/mol. The van der Waals surface area contributed by atoms with Crippen LogP contribution in [-0.2, 0) is 9.53 Å². The molecule has 6 heteroatoms. The maximum atomic E-state index is 12.3. The number of rotatable bonds is 5. The summed E-state index contributed by atoms with van der Waals surface area (Å²) in [5.41, 5.74) is -0.687. The minimum Gasteiger partial charge on any atom is -0.381 e. The first kappa shape index (κ1) is 13.3. The third kappa shape index (κ3) is 2.49. The van der Waals surface area contributed by atoms with Crippen molar-refractivity contribution in [2.24, 2.45) is 0 Å². The van der Waals surface area contributed by atoms with Gasteiger partial charge in [-0.1, -0.05) is 6.92 Å². The highest BCUT2D eigenvalue weighted by Gasteiger charge is 2.51. The van der Waals surface area contributed by atoms with Crippen molar-refractivity contribution in [3.63, 3.8) is 0 Å². The molecule has 2 heterocycles. The molecule has 6 nitrogen and oxygen atoms in total. The van der Waals surface area contributed by atoms with Crippen LogP contribution in [0.5, 0.6) is 0 Å². The van der Waals surface area contributed by atoms with E-state index in [0.717, 1.165) is 19.5 Å². The van der Waals surface area contributed by atoms with Crippen LogP contribution in [0.1, 0.15) is 26.2 Å². The lowest BCUT2D eigenvalue weighted by atomic mass is 9.90. The zero-order valence-corrected chi connectivity index (χ0v) is 10.8. The first-order valence-electron chi connectivity index (χ1n) is 6.62. The van der Waals surface area contributed by atoms with Gasteiger partial charge >= 0.3 is 6.03 Å². The Labute approximate surface area is 107 Å². The molecule has 2 fully saturated rings. The SMILES string of the molecule is CCNCCCN1C(=O)NC2(CCOCC2)C1=O. The van der Waals surface area contributed by atoms with Crippen molar-refractivity contribution in [3.05, 3.63) is 0 Å². The van der Waals surface area contributed by atoms with Gasteiger partial charge in [0, 0.05) is 32.6 Å². The minimum atomic E-state index is -0.687. The van der Waals surface area contributed by atoms with Gasteiger partial charge in [0.2, 0.25) is 0 Å². The Bertz CT molecular complexity index is 327. The van der Waals surface area contributed by atoms with Gasteiger partial charge in [-0.25, -0.2) is 4.79 Å². The molecule has 102 valence electrons. The van der Waals surface area contributed by atoms with Crippen LogP contribution in [0, 0.1) is 0 Å². The van der Waals surface area contributed by atoms with Gasteiger partial charge in [-0.3, -0.25) is 9.69 Å². The average Bonchev–Trinajstić information content (AvgIpc) is 2.59. The normalized spacial score (nSPS) is 22.6. The molecule has 2 saturated heterocycles. The summed E-state index contributed by atoms with van der Waals surface area (Å²) in [7, 11) is 0. The first-order valence-corrected chi connectivity index (χ1v) is 6.62. The zero-order valence-electron chi connectivity index (χ0n) is 10.8. The molecule has 0 aromatic carbocycles. The molecule has 0 radical (unpaired) electrons. The molecule has 3 amide bonds. The van der Waals surface area contributed by atoms with E-state index in [4.69, 9.17) is 4.74 Å². The number of nitrogens with zero attached hydrogens (tertiary/aromatic N) is 1. The second-order valence-corrected chi connectivity index (χ2v) is 4.79. The van der Waals surface area contributed by atoms with Crippen LogP contribution in [0.25, 0.3) is 0 Å². The molecule has 2 aliphatic heterocycles. The quantitative estimate of drug-likeness (QED) is 0.539. The molecule has 0 atom stereocenters. The van der Waals surface area contributed by atoms with Gasteiger partial charge < -0.3 is 15.4 Å². The highest BCUT2D eigenvalue weighted by atomic mass is 16.5. The van der Waals surface area contributed by atoms with Crippen LogP contribution in [0.4, 0.5) is 4.79 Å². The van der Waals surface area contributed by atoms with E-state index in [2.05, 4.69) is 10.6 Å². The smallest absolute Gasteiger partial charge is 0.325 e. The molecule has 0 aromatic heterocycles. The summed E-state index contributed by atoms with van der Waals surface area (Å²) in [4.78, 5) is 25.5. The minimum absolute atomic E-state index is 0.0766. The second kappa shape index (κ2) is 5.67. The number of urea groups is 1. The van der Waals surface area contributed by atoms with E-state index in [1.165, 1.54) is 4.90 Å². The number of carbonyl (C=O) groups excluding carboxylic acids is 2. The van der Waals surface area contributed by atoms with E-state index in [-0.39, 0.29) is 11.9 Å².